The molecule has 2 aromatic carbocycles. The van der Waals surface area contributed by atoms with Crippen molar-refractivity contribution in [3.05, 3.63) is 66.5 Å². The Balaban J connectivity index is 1.86. The van der Waals surface area contributed by atoms with E-state index in [4.69, 9.17) is 9.72 Å². The maximum Gasteiger partial charge on any atom is 0.243 e. The van der Waals surface area contributed by atoms with Gasteiger partial charge in [-0.05, 0) is 44.0 Å². The number of para-hydroxylation sites is 2. The van der Waals surface area contributed by atoms with Crippen LogP contribution >= 0.6 is 0 Å². The van der Waals surface area contributed by atoms with E-state index in [0.717, 1.165) is 37.3 Å². The van der Waals surface area contributed by atoms with Crippen LogP contribution in [-0.2, 0) is 4.79 Å². The molecule has 0 spiro atoms. The van der Waals surface area contributed by atoms with Gasteiger partial charge in [0, 0.05) is 37.4 Å². The molecular weight excluding hydrogens is 426 g/mol. The summed E-state index contributed by atoms with van der Waals surface area (Å²) < 4.78 is 5.56. The van der Waals surface area contributed by atoms with Crippen LogP contribution in [0.25, 0.3) is 0 Å². The van der Waals surface area contributed by atoms with E-state index in [-0.39, 0.29) is 5.91 Å². The maximum atomic E-state index is 13.1. The Morgan fingerprint density at radius 3 is 2.09 bits per heavy atom. The van der Waals surface area contributed by atoms with Gasteiger partial charge in [0.2, 0.25) is 11.8 Å². The molecule has 0 saturated carbocycles. The molecule has 0 bridgehead atoms. The van der Waals surface area contributed by atoms with Crippen molar-refractivity contribution in [2.24, 2.45) is 0 Å². The van der Waals surface area contributed by atoms with E-state index in [9.17, 15) is 4.79 Å². The van der Waals surface area contributed by atoms with Gasteiger partial charge in [-0.1, -0.05) is 50.2 Å². The second-order valence-electron chi connectivity index (χ2n) is 8.09. The Morgan fingerprint density at radius 2 is 1.50 bits per heavy atom. The Labute approximate surface area is 202 Å². The summed E-state index contributed by atoms with van der Waals surface area (Å²) in [5.41, 5.74) is 2.61. The molecule has 1 amide bonds. The lowest BCUT2D eigenvalue weighted by atomic mass is 10.2. The third-order valence-corrected chi connectivity index (χ3v) is 5.42. The average Bonchev–Trinajstić information content (AvgIpc) is 2.87. The van der Waals surface area contributed by atoms with E-state index < -0.39 is 0 Å². The van der Waals surface area contributed by atoms with Crippen LogP contribution in [-0.4, -0.2) is 42.6 Å². The number of aromatic nitrogens is 2. The third-order valence-electron chi connectivity index (χ3n) is 5.42. The van der Waals surface area contributed by atoms with Crippen LogP contribution in [0.4, 0.5) is 22.9 Å². The molecule has 1 heterocycles. The normalized spacial score (nSPS) is 10.6. The van der Waals surface area contributed by atoms with Gasteiger partial charge in [0.05, 0.1) is 7.11 Å². The van der Waals surface area contributed by atoms with Gasteiger partial charge in [-0.2, -0.15) is 4.98 Å². The second-order valence-corrected chi connectivity index (χ2v) is 8.09. The number of rotatable bonds is 12. The first-order valence-corrected chi connectivity index (χ1v) is 11.9. The summed E-state index contributed by atoms with van der Waals surface area (Å²) in [5.74, 6) is 1.48. The molecule has 7 heteroatoms. The average molecular weight is 462 g/mol. The topological polar surface area (TPSA) is 70.6 Å². The molecule has 1 aromatic heterocycles. The number of carbonyl (C=O) groups excluding carboxylic acids is 1. The number of nitrogens with one attached hydrogen (secondary N) is 1. The van der Waals surface area contributed by atoms with Gasteiger partial charge in [-0.3, -0.25) is 4.79 Å². The zero-order chi connectivity index (χ0) is 24.3. The minimum Gasteiger partial charge on any atom is -0.479 e. The molecule has 0 aliphatic carbocycles. The van der Waals surface area contributed by atoms with E-state index in [0.29, 0.717) is 36.2 Å². The molecule has 0 fully saturated rings. The van der Waals surface area contributed by atoms with Crippen LogP contribution in [0.5, 0.6) is 5.88 Å². The van der Waals surface area contributed by atoms with Gasteiger partial charge in [-0.25, -0.2) is 4.98 Å². The Morgan fingerprint density at radius 1 is 0.882 bits per heavy atom. The van der Waals surface area contributed by atoms with Crippen molar-refractivity contribution in [2.45, 2.75) is 40.0 Å². The van der Waals surface area contributed by atoms with Crippen LogP contribution in [0.1, 0.15) is 38.9 Å². The van der Waals surface area contributed by atoms with Crippen molar-refractivity contribution < 1.29 is 9.53 Å². The molecule has 7 nitrogen and oxygen atoms in total. The fourth-order valence-electron chi connectivity index (χ4n) is 3.89. The molecule has 0 radical (unpaired) electrons. The van der Waals surface area contributed by atoms with Gasteiger partial charge in [0.15, 0.2) is 5.82 Å². The van der Waals surface area contributed by atoms with Crippen molar-refractivity contribution in [1.29, 1.82) is 0 Å². The Bertz CT molecular complexity index is 1040. The summed E-state index contributed by atoms with van der Waals surface area (Å²) in [5, 5.41) is 3.06. The van der Waals surface area contributed by atoms with E-state index in [1.807, 2.05) is 55.5 Å². The van der Waals surface area contributed by atoms with E-state index in [1.54, 1.807) is 7.11 Å². The number of methoxy groups -OCH3 is 1. The van der Waals surface area contributed by atoms with Crippen molar-refractivity contribution in [3.63, 3.8) is 0 Å². The number of anilines is 4. The van der Waals surface area contributed by atoms with Crippen LogP contribution in [0.15, 0.2) is 60.7 Å². The highest BCUT2D eigenvalue weighted by Crippen LogP contribution is 2.36. The van der Waals surface area contributed by atoms with Gasteiger partial charge >= 0.3 is 0 Å². The summed E-state index contributed by atoms with van der Waals surface area (Å²) in [7, 11) is 1.56. The van der Waals surface area contributed by atoms with E-state index in [1.165, 1.54) is 0 Å². The highest BCUT2D eigenvalue weighted by molar-refractivity contribution is 5.96. The lowest BCUT2D eigenvalue weighted by molar-refractivity contribution is -0.116. The van der Waals surface area contributed by atoms with Crippen LogP contribution in [0.2, 0.25) is 0 Å². The van der Waals surface area contributed by atoms with Gasteiger partial charge in [-0.15, -0.1) is 0 Å². The molecule has 3 rings (SSSR count). The zero-order valence-electron chi connectivity index (χ0n) is 20.6. The second kappa shape index (κ2) is 12.6. The predicted molar refractivity (Wildman–Crippen MR) is 139 cm³/mol. The molecular formula is C27H35N5O2. The predicted octanol–water partition coefficient (Wildman–Crippen LogP) is 5.59. The molecule has 0 unspecified atom stereocenters. The number of ether oxygens (including phenoxy) is 1. The smallest absolute Gasteiger partial charge is 0.243 e. The number of carbonyl (C=O) groups is 1. The lowest BCUT2D eigenvalue weighted by Gasteiger charge is -2.27. The monoisotopic (exact) mass is 461 g/mol. The molecule has 180 valence electrons. The highest BCUT2D eigenvalue weighted by atomic mass is 16.5. The van der Waals surface area contributed by atoms with E-state index in [2.05, 4.69) is 46.1 Å². The van der Waals surface area contributed by atoms with Gasteiger partial charge in [0.25, 0.3) is 0 Å². The summed E-state index contributed by atoms with van der Waals surface area (Å²) in [4.78, 5) is 26.6. The largest absolute Gasteiger partial charge is 0.479 e. The molecule has 3 aromatic rings. The van der Waals surface area contributed by atoms with Crippen molar-refractivity contribution in [2.75, 3.05) is 41.9 Å². The van der Waals surface area contributed by atoms with Crippen molar-refractivity contribution >= 4 is 28.8 Å². The lowest BCUT2D eigenvalue weighted by Crippen LogP contribution is -2.29. The first-order valence-electron chi connectivity index (χ1n) is 11.9. The summed E-state index contributed by atoms with van der Waals surface area (Å²) >= 11 is 0. The third kappa shape index (κ3) is 6.47. The minimum atomic E-state index is -0.103. The highest BCUT2D eigenvalue weighted by Gasteiger charge is 2.22. The molecule has 0 aliphatic rings. The molecule has 1 N–H and O–H groups in total. The van der Waals surface area contributed by atoms with Crippen LogP contribution in [0, 0.1) is 6.92 Å². The Kier molecular flexibility index (Phi) is 9.26. The fraction of sp³-hybridized carbons (Fsp3) is 0.370. The molecule has 0 aliphatic heterocycles. The van der Waals surface area contributed by atoms with Crippen molar-refractivity contribution in [1.82, 2.24) is 9.97 Å². The zero-order valence-corrected chi connectivity index (χ0v) is 20.6. The summed E-state index contributed by atoms with van der Waals surface area (Å²) in [6.07, 6.45) is 2.25. The Hall–Kier alpha value is -3.61. The molecule has 0 saturated heterocycles. The van der Waals surface area contributed by atoms with Crippen LogP contribution in [0.3, 0.4) is 0 Å². The van der Waals surface area contributed by atoms with E-state index >= 15 is 0 Å². The van der Waals surface area contributed by atoms with Gasteiger partial charge < -0.3 is 19.9 Å². The van der Waals surface area contributed by atoms with Gasteiger partial charge in [0.1, 0.15) is 11.5 Å². The number of hydrogen-bond donors (Lipinski definition) is 1. The minimum absolute atomic E-state index is 0.103. The molecule has 34 heavy (non-hydrogen) atoms. The number of hydrogen-bond acceptors (Lipinski definition) is 6. The first-order chi connectivity index (χ1) is 16.6. The quantitative estimate of drug-likeness (QED) is 0.379. The summed E-state index contributed by atoms with van der Waals surface area (Å²) in [6, 6.07) is 20.2. The number of benzene rings is 2. The SMILES string of the molecule is CCCN(CCC(=O)Nc1c(OC)nc(C)nc1N(CCC)c1ccccc1)c1ccccc1. The maximum absolute atomic E-state index is 13.1. The standard InChI is InChI=1S/C27H35N5O2/c1-5-18-31(22-13-9-7-10-14-22)20-17-24(33)30-25-26(28-21(3)29-27(25)34-4)32(19-6-2)23-15-11-8-12-16-23/h7-16H,5-6,17-20H2,1-4H3,(H,30,33). The van der Waals surface area contributed by atoms with Crippen LogP contribution < -0.4 is 19.9 Å². The molecule has 0 atom stereocenters. The fourth-order valence-corrected chi connectivity index (χ4v) is 3.89. The number of amides is 1. The number of aryl methyl sites for hydroxylation is 1. The van der Waals surface area contributed by atoms with Crippen molar-refractivity contribution in [3.8, 4) is 5.88 Å². The summed E-state index contributed by atoms with van der Waals surface area (Å²) in [6.45, 7) is 8.33. The number of nitrogens with zero attached hydrogens (tertiary/aromatic N) is 4. The first kappa shape index (κ1) is 25.0.